The standard InChI is InChI=1S/C16H22N2O3/c1-3-6-11(2)9-20-10-13-12-7-4-5-8-14(12)21-15(13)16(19)18-17/h4-5,7-8,11H,3,6,9-10,17H2,1-2H3,(H,18,19). The van der Waals surface area contributed by atoms with Gasteiger partial charge in [-0.05, 0) is 18.4 Å². The number of carbonyl (C=O) groups is 1. The maximum absolute atomic E-state index is 11.8. The summed E-state index contributed by atoms with van der Waals surface area (Å²) < 4.78 is 11.3. The molecule has 2 rings (SSSR count). The van der Waals surface area contributed by atoms with E-state index in [-0.39, 0.29) is 5.76 Å². The molecule has 0 saturated carbocycles. The van der Waals surface area contributed by atoms with Gasteiger partial charge < -0.3 is 9.15 Å². The Hall–Kier alpha value is -1.85. The number of ether oxygens (including phenoxy) is 1. The van der Waals surface area contributed by atoms with E-state index in [0.717, 1.165) is 23.8 Å². The molecule has 0 radical (unpaired) electrons. The summed E-state index contributed by atoms with van der Waals surface area (Å²) in [5, 5.41) is 0.888. The number of furan rings is 1. The summed E-state index contributed by atoms with van der Waals surface area (Å²) in [6.45, 7) is 5.32. The molecule has 0 saturated heterocycles. The van der Waals surface area contributed by atoms with Crippen LogP contribution in [0.5, 0.6) is 0 Å². The number of nitrogens with one attached hydrogen (secondary N) is 1. The van der Waals surface area contributed by atoms with Gasteiger partial charge in [0.2, 0.25) is 0 Å². The molecule has 1 atom stereocenters. The Morgan fingerprint density at radius 3 is 2.90 bits per heavy atom. The smallest absolute Gasteiger partial charge is 0.301 e. The van der Waals surface area contributed by atoms with Crippen molar-refractivity contribution in [3.63, 3.8) is 0 Å². The Balaban J connectivity index is 2.18. The van der Waals surface area contributed by atoms with Crippen molar-refractivity contribution in [1.29, 1.82) is 0 Å². The molecule has 1 heterocycles. The highest BCUT2D eigenvalue weighted by Gasteiger charge is 2.19. The lowest BCUT2D eigenvalue weighted by Gasteiger charge is -2.10. The van der Waals surface area contributed by atoms with Gasteiger partial charge in [-0.1, -0.05) is 38.5 Å². The zero-order chi connectivity index (χ0) is 15.2. The summed E-state index contributed by atoms with van der Waals surface area (Å²) in [6, 6.07) is 7.52. The summed E-state index contributed by atoms with van der Waals surface area (Å²) in [6.07, 6.45) is 2.27. The fourth-order valence-electron chi connectivity index (χ4n) is 2.43. The highest BCUT2D eigenvalue weighted by Crippen LogP contribution is 2.26. The molecule has 0 spiro atoms. The molecule has 1 aromatic carbocycles. The number of para-hydroxylation sites is 1. The lowest BCUT2D eigenvalue weighted by molar-refractivity contribution is 0.0844. The number of nitrogens with two attached hydrogens (primary N) is 1. The Bertz CT molecular complexity index is 607. The predicted molar refractivity (Wildman–Crippen MR) is 81.6 cm³/mol. The van der Waals surface area contributed by atoms with Crippen molar-refractivity contribution in [2.75, 3.05) is 6.61 Å². The fraction of sp³-hybridized carbons (Fsp3) is 0.438. The van der Waals surface area contributed by atoms with Crippen LogP contribution in [0.1, 0.15) is 42.8 Å². The van der Waals surface area contributed by atoms with Crippen LogP contribution < -0.4 is 11.3 Å². The van der Waals surface area contributed by atoms with E-state index in [4.69, 9.17) is 15.0 Å². The maximum atomic E-state index is 11.8. The molecule has 3 N–H and O–H groups in total. The summed E-state index contributed by atoms with van der Waals surface area (Å²) in [4.78, 5) is 11.8. The minimum absolute atomic E-state index is 0.224. The summed E-state index contributed by atoms with van der Waals surface area (Å²) >= 11 is 0. The Morgan fingerprint density at radius 2 is 2.19 bits per heavy atom. The van der Waals surface area contributed by atoms with E-state index in [1.807, 2.05) is 24.3 Å². The van der Waals surface area contributed by atoms with Gasteiger partial charge in [0, 0.05) is 17.6 Å². The van der Waals surface area contributed by atoms with Crippen molar-refractivity contribution in [2.45, 2.75) is 33.3 Å². The minimum atomic E-state index is -0.439. The average molecular weight is 290 g/mol. The second-order valence-corrected chi connectivity index (χ2v) is 5.29. The number of amides is 1. The van der Waals surface area contributed by atoms with Crippen LogP contribution in [-0.2, 0) is 11.3 Å². The lowest BCUT2D eigenvalue weighted by atomic mass is 10.1. The van der Waals surface area contributed by atoms with E-state index >= 15 is 0 Å². The van der Waals surface area contributed by atoms with Gasteiger partial charge in [-0.3, -0.25) is 10.2 Å². The van der Waals surface area contributed by atoms with Gasteiger partial charge in [0.1, 0.15) is 5.58 Å². The van der Waals surface area contributed by atoms with Gasteiger partial charge in [0.15, 0.2) is 5.76 Å². The first-order valence-electron chi connectivity index (χ1n) is 7.26. The molecule has 0 aliphatic rings. The lowest BCUT2D eigenvalue weighted by Crippen LogP contribution is -2.30. The monoisotopic (exact) mass is 290 g/mol. The van der Waals surface area contributed by atoms with Crippen LogP contribution in [0, 0.1) is 5.92 Å². The minimum Gasteiger partial charge on any atom is -0.450 e. The largest absolute Gasteiger partial charge is 0.450 e. The van der Waals surface area contributed by atoms with E-state index in [0.29, 0.717) is 24.7 Å². The number of hydrogen-bond donors (Lipinski definition) is 2. The van der Waals surface area contributed by atoms with Crippen molar-refractivity contribution in [3.8, 4) is 0 Å². The number of benzene rings is 1. The molecule has 114 valence electrons. The molecule has 0 aliphatic carbocycles. The number of hydrazine groups is 1. The van der Waals surface area contributed by atoms with Crippen LogP contribution in [-0.4, -0.2) is 12.5 Å². The predicted octanol–water partition coefficient (Wildman–Crippen LogP) is 2.99. The highest BCUT2D eigenvalue weighted by molar-refractivity contribution is 5.98. The van der Waals surface area contributed by atoms with Gasteiger partial charge in [0.25, 0.3) is 0 Å². The van der Waals surface area contributed by atoms with Crippen molar-refractivity contribution in [1.82, 2.24) is 5.43 Å². The van der Waals surface area contributed by atoms with E-state index in [1.165, 1.54) is 0 Å². The van der Waals surface area contributed by atoms with E-state index in [2.05, 4.69) is 19.3 Å². The quantitative estimate of drug-likeness (QED) is 0.467. The van der Waals surface area contributed by atoms with Crippen LogP contribution in [0.15, 0.2) is 28.7 Å². The van der Waals surface area contributed by atoms with Gasteiger partial charge in [0.05, 0.1) is 6.61 Å². The van der Waals surface area contributed by atoms with Gasteiger partial charge in [-0.2, -0.15) is 0 Å². The van der Waals surface area contributed by atoms with Crippen LogP contribution in [0.3, 0.4) is 0 Å². The van der Waals surface area contributed by atoms with Crippen molar-refractivity contribution in [2.24, 2.45) is 11.8 Å². The Morgan fingerprint density at radius 1 is 1.43 bits per heavy atom. The second kappa shape index (κ2) is 7.24. The molecule has 0 aliphatic heterocycles. The third kappa shape index (κ3) is 3.62. The maximum Gasteiger partial charge on any atom is 0.301 e. The molecule has 0 bridgehead atoms. The molecular formula is C16H22N2O3. The van der Waals surface area contributed by atoms with Crippen LogP contribution in [0.25, 0.3) is 11.0 Å². The number of hydrogen-bond acceptors (Lipinski definition) is 4. The molecular weight excluding hydrogens is 268 g/mol. The van der Waals surface area contributed by atoms with Crippen molar-refractivity contribution >= 4 is 16.9 Å². The Labute approximate surface area is 124 Å². The number of carbonyl (C=O) groups excluding carboxylic acids is 1. The SMILES string of the molecule is CCCC(C)COCc1c(C(=O)NN)oc2ccccc12. The first kappa shape index (κ1) is 15.5. The van der Waals surface area contributed by atoms with E-state index in [1.54, 1.807) is 0 Å². The van der Waals surface area contributed by atoms with Crippen molar-refractivity contribution in [3.05, 3.63) is 35.6 Å². The molecule has 5 heteroatoms. The van der Waals surface area contributed by atoms with E-state index in [9.17, 15) is 4.79 Å². The van der Waals surface area contributed by atoms with Gasteiger partial charge in [-0.15, -0.1) is 0 Å². The van der Waals surface area contributed by atoms with Gasteiger partial charge >= 0.3 is 5.91 Å². The zero-order valence-electron chi connectivity index (χ0n) is 12.5. The third-order valence-corrected chi connectivity index (χ3v) is 3.47. The van der Waals surface area contributed by atoms with Crippen LogP contribution in [0.4, 0.5) is 0 Å². The highest BCUT2D eigenvalue weighted by atomic mass is 16.5. The molecule has 1 amide bonds. The number of fused-ring (bicyclic) bond motifs is 1. The summed E-state index contributed by atoms with van der Waals surface area (Å²) in [5.41, 5.74) is 3.52. The summed E-state index contributed by atoms with van der Waals surface area (Å²) in [5.74, 6) is 5.50. The zero-order valence-corrected chi connectivity index (χ0v) is 12.5. The number of nitrogen functional groups attached to an aromatic ring is 1. The van der Waals surface area contributed by atoms with Crippen molar-refractivity contribution < 1.29 is 13.9 Å². The molecule has 5 nitrogen and oxygen atoms in total. The second-order valence-electron chi connectivity index (χ2n) is 5.29. The first-order valence-corrected chi connectivity index (χ1v) is 7.26. The Kier molecular flexibility index (Phi) is 5.36. The molecule has 1 unspecified atom stereocenters. The third-order valence-electron chi connectivity index (χ3n) is 3.47. The van der Waals surface area contributed by atoms with Crippen LogP contribution >= 0.6 is 0 Å². The molecule has 21 heavy (non-hydrogen) atoms. The van der Waals surface area contributed by atoms with Gasteiger partial charge in [-0.25, -0.2) is 5.84 Å². The van der Waals surface area contributed by atoms with E-state index < -0.39 is 5.91 Å². The number of rotatable bonds is 7. The average Bonchev–Trinajstić information content (AvgIpc) is 2.86. The molecule has 2 aromatic rings. The topological polar surface area (TPSA) is 77.5 Å². The first-order chi connectivity index (χ1) is 10.2. The van der Waals surface area contributed by atoms with Crippen LogP contribution in [0.2, 0.25) is 0 Å². The summed E-state index contributed by atoms with van der Waals surface area (Å²) in [7, 11) is 0. The molecule has 0 fully saturated rings. The fourth-order valence-corrected chi connectivity index (χ4v) is 2.43. The normalized spacial score (nSPS) is 12.5. The molecule has 1 aromatic heterocycles.